The summed E-state index contributed by atoms with van der Waals surface area (Å²) in [6.07, 6.45) is -0.0921. The van der Waals surface area contributed by atoms with E-state index in [1.54, 1.807) is 24.3 Å². The molecule has 0 spiro atoms. The van der Waals surface area contributed by atoms with Gasteiger partial charge in [0.25, 0.3) is 5.91 Å². The Morgan fingerprint density at radius 2 is 1.78 bits per heavy atom. The van der Waals surface area contributed by atoms with Crippen molar-refractivity contribution in [1.82, 2.24) is 10.6 Å². The lowest BCUT2D eigenvalue weighted by molar-refractivity contribution is -0.141. The minimum Gasteiger partial charge on any atom is -0.469 e. The number of hydrogen-bond acceptors (Lipinski definition) is 4. The fraction of sp³-hybridized carbons (Fsp3) is 0.211. The molecule has 0 saturated carbocycles. The molecule has 0 aliphatic carbocycles. The van der Waals surface area contributed by atoms with E-state index in [0.29, 0.717) is 10.6 Å². The predicted molar refractivity (Wildman–Crippen MR) is 97.7 cm³/mol. The largest absolute Gasteiger partial charge is 0.469 e. The molecule has 0 fully saturated rings. The highest BCUT2D eigenvalue weighted by molar-refractivity contribution is 6.30. The molecule has 2 aromatic rings. The van der Waals surface area contributed by atoms with Crippen molar-refractivity contribution in [1.29, 1.82) is 0 Å². The van der Waals surface area contributed by atoms with E-state index >= 15 is 0 Å². The summed E-state index contributed by atoms with van der Waals surface area (Å²) in [5.74, 6) is -2.44. The first-order valence-electron chi connectivity index (χ1n) is 8.05. The van der Waals surface area contributed by atoms with E-state index in [9.17, 15) is 18.8 Å². The SMILES string of the molecule is COC(=O)C[C@@H](NC(=O)CNC(=O)c1ccccc1F)c1ccc(Cl)cc1. The van der Waals surface area contributed by atoms with Crippen molar-refractivity contribution in [2.75, 3.05) is 13.7 Å². The van der Waals surface area contributed by atoms with Crippen LogP contribution in [-0.4, -0.2) is 31.4 Å². The second-order valence-corrected chi connectivity index (χ2v) is 6.05. The van der Waals surface area contributed by atoms with Crippen LogP contribution in [0, 0.1) is 5.82 Å². The third-order valence-corrected chi connectivity index (χ3v) is 3.99. The number of amides is 2. The second kappa shape index (κ2) is 9.68. The molecule has 2 aromatic carbocycles. The fourth-order valence-corrected chi connectivity index (χ4v) is 2.47. The average Bonchev–Trinajstić information content (AvgIpc) is 2.66. The van der Waals surface area contributed by atoms with Gasteiger partial charge >= 0.3 is 5.97 Å². The fourth-order valence-electron chi connectivity index (χ4n) is 2.34. The van der Waals surface area contributed by atoms with Crippen LogP contribution in [0.3, 0.4) is 0 Å². The van der Waals surface area contributed by atoms with Gasteiger partial charge in [0.1, 0.15) is 5.82 Å². The van der Waals surface area contributed by atoms with Crippen LogP contribution in [0.25, 0.3) is 0 Å². The maximum Gasteiger partial charge on any atom is 0.307 e. The van der Waals surface area contributed by atoms with Gasteiger partial charge in [-0.3, -0.25) is 14.4 Å². The summed E-state index contributed by atoms with van der Waals surface area (Å²) < 4.78 is 18.2. The van der Waals surface area contributed by atoms with E-state index in [-0.39, 0.29) is 18.5 Å². The standard InChI is InChI=1S/C19H18ClFN2O4/c1-27-18(25)10-16(12-6-8-13(20)9-7-12)23-17(24)11-22-19(26)14-4-2-3-5-15(14)21/h2-9,16H,10-11H2,1H3,(H,22,26)(H,23,24)/t16-/m1/s1. The van der Waals surface area contributed by atoms with Gasteiger partial charge in [0.15, 0.2) is 0 Å². The number of nitrogens with one attached hydrogen (secondary N) is 2. The molecule has 0 radical (unpaired) electrons. The third kappa shape index (κ3) is 6.07. The highest BCUT2D eigenvalue weighted by Crippen LogP contribution is 2.20. The Morgan fingerprint density at radius 3 is 2.41 bits per heavy atom. The Labute approximate surface area is 160 Å². The first kappa shape index (κ1) is 20.4. The molecule has 0 bridgehead atoms. The lowest BCUT2D eigenvalue weighted by atomic mass is 10.0. The zero-order valence-electron chi connectivity index (χ0n) is 14.5. The normalized spacial score (nSPS) is 11.4. The van der Waals surface area contributed by atoms with Crippen molar-refractivity contribution in [3.8, 4) is 0 Å². The van der Waals surface area contributed by atoms with Gasteiger partial charge in [-0.25, -0.2) is 4.39 Å². The zero-order valence-corrected chi connectivity index (χ0v) is 15.3. The average molecular weight is 393 g/mol. The van der Waals surface area contributed by atoms with Crippen molar-refractivity contribution in [2.45, 2.75) is 12.5 Å². The molecular weight excluding hydrogens is 375 g/mol. The van der Waals surface area contributed by atoms with Crippen molar-refractivity contribution < 1.29 is 23.5 Å². The van der Waals surface area contributed by atoms with Gasteiger partial charge in [-0.15, -0.1) is 0 Å². The molecule has 6 nitrogen and oxygen atoms in total. The molecule has 0 aliphatic rings. The van der Waals surface area contributed by atoms with Gasteiger partial charge in [-0.2, -0.15) is 0 Å². The number of halogens is 2. The molecule has 0 saturated heterocycles. The van der Waals surface area contributed by atoms with E-state index in [4.69, 9.17) is 11.6 Å². The monoisotopic (exact) mass is 392 g/mol. The molecule has 2 rings (SSSR count). The number of esters is 1. The number of carbonyl (C=O) groups is 3. The summed E-state index contributed by atoms with van der Waals surface area (Å²) in [4.78, 5) is 35.8. The van der Waals surface area contributed by atoms with Crippen LogP contribution in [0.1, 0.15) is 28.4 Å². The first-order valence-corrected chi connectivity index (χ1v) is 8.43. The van der Waals surface area contributed by atoms with Gasteiger partial charge in [0.2, 0.25) is 5.91 Å². The number of rotatable bonds is 7. The Balaban J connectivity index is 2.00. The molecule has 2 amide bonds. The Hall–Kier alpha value is -2.93. The molecule has 0 aliphatic heterocycles. The number of hydrogen-bond donors (Lipinski definition) is 2. The highest BCUT2D eigenvalue weighted by atomic mass is 35.5. The summed E-state index contributed by atoms with van der Waals surface area (Å²) >= 11 is 5.85. The van der Waals surface area contributed by atoms with Crippen LogP contribution in [-0.2, 0) is 14.3 Å². The maximum atomic E-state index is 13.6. The van der Waals surface area contributed by atoms with E-state index in [0.717, 1.165) is 6.07 Å². The Morgan fingerprint density at radius 1 is 1.11 bits per heavy atom. The predicted octanol–water partition coefficient (Wildman–Crippen LogP) is 2.63. The van der Waals surface area contributed by atoms with Crippen LogP contribution in [0.2, 0.25) is 5.02 Å². The quantitative estimate of drug-likeness (QED) is 0.709. The molecule has 1 atom stereocenters. The summed E-state index contributed by atoms with van der Waals surface area (Å²) in [6, 6.07) is 11.4. The molecule has 142 valence electrons. The van der Waals surface area contributed by atoms with Gasteiger partial charge in [-0.05, 0) is 29.8 Å². The van der Waals surface area contributed by atoms with Gasteiger partial charge < -0.3 is 15.4 Å². The van der Waals surface area contributed by atoms with Gasteiger partial charge in [0, 0.05) is 5.02 Å². The maximum absolute atomic E-state index is 13.6. The van der Waals surface area contributed by atoms with E-state index in [1.807, 2.05) is 0 Å². The van der Waals surface area contributed by atoms with Crippen molar-refractivity contribution in [2.24, 2.45) is 0 Å². The minimum absolute atomic E-state index is 0.0921. The number of benzene rings is 2. The minimum atomic E-state index is -0.709. The molecule has 8 heteroatoms. The topological polar surface area (TPSA) is 84.5 Å². The molecule has 2 N–H and O–H groups in total. The molecular formula is C19H18ClFN2O4. The van der Waals surface area contributed by atoms with E-state index < -0.39 is 29.6 Å². The Kier molecular flexibility index (Phi) is 7.31. The van der Waals surface area contributed by atoms with Crippen LogP contribution in [0.5, 0.6) is 0 Å². The molecule has 0 heterocycles. The number of ether oxygens (including phenoxy) is 1. The summed E-state index contributed by atoms with van der Waals surface area (Å²) in [7, 11) is 1.25. The zero-order chi connectivity index (χ0) is 19.8. The van der Waals surface area contributed by atoms with Crippen LogP contribution >= 0.6 is 11.6 Å². The number of methoxy groups -OCH3 is 1. The third-order valence-electron chi connectivity index (χ3n) is 3.73. The number of carbonyl (C=O) groups excluding carboxylic acids is 3. The first-order chi connectivity index (χ1) is 12.9. The van der Waals surface area contributed by atoms with Crippen molar-refractivity contribution >= 4 is 29.4 Å². The van der Waals surface area contributed by atoms with Gasteiger partial charge in [-0.1, -0.05) is 35.9 Å². The summed E-state index contributed by atoms with van der Waals surface area (Å²) in [5, 5.41) is 5.51. The lowest BCUT2D eigenvalue weighted by Crippen LogP contribution is -2.39. The van der Waals surface area contributed by atoms with Crippen molar-refractivity contribution in [3.63, 3.8) is 0 Å². The van der Waals surface area contributed by atoms with Crippen LogP contribution in [0.15, 0.2) is 48.5 Å². The van der Waals surface area contributed by atoms with E-state index in [1.165, 1.54) is 25.3 Å². The highest BCUT2D eigenvalue weighted by Gasteiger charge is 2.20. The van der Waals surface area contributed by atoms with E-state index in [2.05, 4.69) is 15.4 Å². The summed E-state index contributed by atoms with van der Waals surface area (Å²) in [5.41, 5.74) is 0.493. The van der Waals surface area contributed by atoms with Gasteiger partial charge in [0.05, 0.1) is 31.7 Å². The second-order valence-electron chi connectivity index (χ2n) is 5.61. The van der Waals surface area contributed by atoms with Crippen molar-refractivity contribution in [3.05, 3.63) is 70.5 Å². The smallest absolute Gasteiger partial charge is 0.307 e. The lowest BCUT2D eigenvalue weighted by Gasteiger charge is -2.18. The molecule has 0 unspecified atom stereocenters. The van der Waals surface area contributed by atoms with Crippen LogP contribution in [0.4, 0.5) is 4.39 Å². The summed E-state index contributed by atoms with van der Waals surface area (Å²) in [6.45, 7) is -0.377. The molecule has 0 aromatic heterocycles. The van der Waals surface area contributed by atoms with Crippen LogP contribution < -0.4 is 10.6 Å². The Bertz CT molecular complexity index is 827. The molecule has 27 heavy (non-hydrogen) atoms.